The fourth-order valence-electron chi connectivity index (χ4n) is 2.87. The second-order valence-electron chi connectivity index (χ2n) is 5.42. The lowest BCUT2D eigenvalue weighted by Gasteiger charge is -2.30. The van der Waals surface area contributed by atoms with Crippen LogP contribution in [-0.4, -0.2) is 28.5 Å². The Morgan fingerprint density at radius 1 is 1.42 bits per heavy atom. The molecule has 0 N–H and O–H groups in total. The standard InChI is InChI=1S/C15H20N2OS/c1-3-17-12-6-9-19-14(12)10-13(17)15(18)16-7-4-11(2)5-8-16/h6,9-11H,3-5,7-8H2,1-2H3. The Morgan fingerprint density at radius 2 is 2.16 bits per heavy atom. The van der Waals surface area contributed by atoms with Crippen molar-refractivity contribution in [2.75, 3.05) is 13.1 Å². The molecule has 0 bridgehead atoms. The molecule has 0 saturated carbocycles. The molecule has 102 valence electrons. The van der Waals surface area contributed by atoms with Crippen LogP contribution in [0.2, 0.25) is 0 Å². The zero-order valence-corrected chi connectivity index (χ0v) is 12.4. The van der Waals surface area contributed by atoms with Gasteiger partial charge in [0, 0.05) is 19.6 Å². The van der Waals surface area contributed by atoms with Crippen molar-refractivity contribution >= 4 is 27.5 Å². The van der Waals surface area contributed by atoms with Gasteiger partial charge in [0.2, 0.25) is 0 Å². The first-order chi connectivity index (χ1) is 9.20. The van der Waals surface area contributed by atoms with Crippen molar-refractivity contribution < 1.29 is 4.79 Å². The van der Waals surface area contributed by atoms with E-state index in [-0.39, 0.29) is 5.91 Å². The minimum Gasteiger partial charge on any atom is -0.337 e. The van der Waals surface area contributed by atoms with E-state index < -0.39 is 0 Å². The van der Waals surface area contributed by atoms with E-state index in [1.807, 2.05) is 4.90 Å². The lowest BCUT2D eigenvalue weighted by Crippen LogP contribution is -2.38. The molecule has 1 aliphatic heterocycles. The first-order valence-electron chi connectivity index (χ1n) is 7.06. The van der Waals surface area contributed by atoms with Crippen LogP contribution >= 0.6 is 11.3 Å². The second-order valence-corrected chi connectivity index (χ2v) is 6.37. The molecule has 4 heteroatoms. The van der Waals surface area contributed by atoms with E-state index in [1.54, 1.807) is 11.3 Å². The normalized spacial score (nSPS) is 17.3. The Morgan fingerprint density at radius 3 is 2.84 bits per heavy atom. The van der Waals surface area contributed by atoms with Crippen molar-refractivity contribution in [1.29, 1.82) is 0 Å². The summed E-state index contributed by atoms with van der Waals surface area (Å²) in [6.45, 7) is 7.04. The van der Waals surface area contributed by atoms with Crippen LogP contribution < -0.4 is 0 Å². The van der Waals surface area contributed by atoms with Crippen molar-refractivity contribution in [1.82, 2.24) is 9.47 Å². The molecular weight excluding hydrogens is 256 g/mol. The zero-order chi connectivity index (χ0) is 13.4. The SMILES string of the molecule is CCn1c(C(=O)N2CCC(C)CC2)cc2sccc21. The summed E-state index contributed by atoms with van der Waals surface area (Å²) in [6, 6.07) is 4.17. The summed E-state index contributed by atoms with van der Waals surface area (Å²) in [6.07, 6.45) is 2.26. The number of piperidine rings is 1. The fraction of sp³-hybridized carbons (Fsp3) is 0.533. The number of nitrogens with zero attached hydrogens (tertiary/aromatic N) is 2. The maximum atomic E-state index is 12.7. The molecule has 3 heterocycles. The highest BCUT2D eigenvalue weighted by Gasteiger charge is 2.24. The lowest BCUT2D eigenvalue weighted by atomic mass is 9.99. The van der Waals surface area contributed by atoms with E-state index in [2.05, 4.69) is 35.9 Å². The number of rotatable bonds is 2. The zero-order valence-electron chi connectivity index (χ0n) is 11.6. The maximum Gasteiger partial charge on any atom is 0.270 e. The van der Waals surface area contributed by atoms with Crippen LogP contribution in [0.3, 0.4) is 0 Å². The van der Waals surface area contributed by atoms with Crippen LogP contribution in [0.1, 0.15) is 37.2 Å². The second kappa shape index (κ2) is 5.00. The van der Waals surface area contributed by atoms with E-state index in [0.29, 0.717) is 0 Å². The number of fused-ring (bicyclic) bond motifs is 1. The van der Waals surface area contributed by atoms with E-state index in [1.165, 1.54) is 10.2 Å². The van der Waals surface area contributed by atoms with Gasteiger partial charge in [-0.1, -0.05) is 6.92 Å². The number of amides is 1. The highest BCUT2D eigenvalue weighted by molar-refractivity contribution is 7.17. The molecule has 1 saturated heterocycles. The average molecular weight is 276 g/mol. The lowest BCUT2D eigenvalue weighted by molar-refractivity contribution is 0.0687. The summed E-state index contributed by atoms with van der Waals surface area (Å²) in [4.78, 5) is 14.7. The van der Waals surface area contributed by atoms with Gasteiger partial charge in [-0.2, -0.15) is 0 Å². The highest BCUT2D eigenvalue weighted by Crippen LogP contribution is 2.27. The third kappa shape index (κ3) is 2.18. The number of aryl methyl sites for hydroxylation is 1. The summed E-state index contributed by atoms with van der Waals surface area (Å²) in [5, 5.41) is 2.09. The van der Waals surface area contributed by atoms with E-state index in [9.17, 15) is 4.79 Å². The molecule has 2 aromatic rings. The number of carbonyl (C=O) groups is 1. The molecule has 0 aliphatic carbocycles. The van der Waals surface area contributed by atoms with Crippen LogP contribution in [0, 0.1) is 5.92 Å². The quantitative estimate of drug-likeness (QED) is 0.823. The predicted molar refractivity (Wildman–Crippen MR) is 79.8 cm³/mol. The molecular formula is C15H20N2OS. The van der Waals surface area contributed by atoms with Gasteiger partial charge in [0.05, 0.1) is 10.2 Å². The van der Waals surface area contributed by atoms with E-state index in [4.69, 9.17) is 0 Å². The Hall–Kier alpha value is -1.29. The highest BCUT2D eigenvalue weighted by atomic mass is 32.1. The molecule has 0 atom stereocenters. The summed E-state index contributed by atoms with van der Waals surface area (Å²) < 4.78 is 3.36. The van der Waals surface area contributed by atoms with Gasteiger partial charge in [-0.25, -0.2) is 0 Å². The molecule has 19 heavy (non-hydrogen) atoms. The molecule has 1 fully saturated rings. The Kier molecular flexibility index (Phi) is 3.35. The monoisotopic (exact) mass is 276 g/mol. The number of likely N-dealkylation sites (tertiary alicyclic amines) is 1. The first kappa shape index (κ1) is 12.7. The van der Waals surface area contributed by atoms with Crippen LogP contribution in [0.25, 0.3) is 10.2 Å². The summed E-state index contributed by atoms with van der Waals surface area (Å²) in [5.41, 5.74) is 2.06. The summed E-state index contributed by atoms with van der Waals surface area (Å²) in [7, 11) is 0. The van der Waals surface area contributed by atoms with Crippen molar-refractivity contribution in [2.45, 2.75) is 33.2 Å². The topological polar surface area (TPSA) is 25.2 Å². The first-order valence-corrected chi connectivity index (χ1v) is 7.94. The van der Waals surface area contributed by atoms with Crippen LogP contribution in [0.5, 0.6) is 0 Å². The molecule has 3 rings (SSSR count). The van der Waals surface area contributed by atoms with Crippen LogP contribution in [0.15, 0.2) is 17.5 Å². The van der Waals surface area contributed by atoms with Gasteiger partial charge in [0.15, 0.2) is 0 Å². The molecule has 0 aromatic carbocycles. The number of thiophene rings is 1. The van der Waals surface area contributed by atoms with Crippen molar-refractivity contribution in [3.63, 3.8) is 0 Å². The Bertz CT molecular complexity index is 590. The molecule has 1 amide bonds. The number of hydrogen-bond donors (Lipinski definition) is 0. The van der Waals surface area contributed by atoms with Gasteiger partial charge < -0.3 is 9.47 Å². The maximum absolute atomic E-state index is 12.7. The largest absolute Gasteiger partial charge is 0.337 e. The molecule has 2 aromatic heterocycles. The van der Waals surface area contributed by atoms with Gasteiger partial charge in [-0.15, -0.1) is 11.3 Å². The number of carbonyl (C=O) groups excluding carboxylic acids is 1. The van der Waals surface area contributed by atoms with Gasteiger partial charge in [-0.3, -0.25) is 4.79 Å². The number of hydrogen-bond acceptors (Lipinski definition) is 2. The number of aromatic nitrogens is 1. The van der Waals surface area contributed by atoms with Crippen LogP contribution in [-0.2, 0) is 6.54 Å². The van der Waals surface area contributed by atoms with Crippen LogP contribution in [0.4, 0.5) is 0 Å². The average Bonchev–Trinajstić information content (AvgIpc) is 2.98. The molecule has 0 spiro atoms. The van der Waals surface area contributed by atoms with E-state index >= 15 is 0 Å². The van der Waals surface area contributed by atoms with Crippen molar-refractivity contribution in [2.24, 2.45) is 5.92 Å². The van der Waals surface area contributed by atoms with Gasteiger partial charge in [-0.05, 0) is 43.2 Å². The molecule has 0 unspecified atom stereocenters. The minimum absolute atomic E-state index is 0.206. The summed E-state index contributed by atoms with van der Waals surface area (Å²) in [5.74, 6) is 0.961. The van der Waals surface area contributed by atoms with Gasteiger partial charge in [0.25, 0.3) is 5.91 Å². The Labute approximate surface area is 117 Å². The molecule has 3 nitrogen and oxygen atoms in total. The minimum atomic E-state index is 0.206. The fourth-order valence-corrected chi connectivity index (χ4v) is 3.69. The molecule has 1 aliphatic rings. The van der Waals surface area contributed by atoms with E-state index in [0.717, 1.165) is 44.1 Å². The van der Waals surface area contributed by atoms with Crippen molar-refractivity contribution in [3.05, 3.63) is 23.2 Å². The van der Waals surface area contributed by atoms with Gasteiger partial charge >= 0.3 is 0 Å². The molecule has 0 radical (unpaired) electrons. The Balaban J connectivity index is 1.90. The third-order valence-electron chi connectivity index (χ3n) is 4.13. The smallest absolute Gasteiger partial charge is 0.270 e. The predicted octanol–water partition coefficient (Wildman–Crippen LogP) is 3.59. The van der Waals surface area contributed by atoms with Gasteiger partial charge in [0.1, 0.15) is 5.69 Å². The summed E-state index contributed by atoms with van der Waals surface area (Å²) >= 11 is 1.71. The van der Waals surface area contributed by atoms with Crippen molar-refractivity contribution in [3.8, 4) is 0 Å². The third-order valence-corrected chi connectivity index (χ3v) is 4.98.